The molecule has 2 rings (SSSR count). The van der Waals surface area contributed by atoms with E-state index in [9.17, 15) is 4.79 Å². The Kier molecular flexibility index (Phi) is 5.15. The van der Waals surface area contributed by atoms with Gasteiger partial charge in [-0.1, -0.05) is 0 Å². The number of anilines is 1. The van der Waals surface area contributed by atoms with Crippen LogP contribution in [0.2, 0.25) is 0 Å². The number of likely N-dealkylation sites (N-methyl/N-ethyl adjacent to an activating group) is 1. The van der Waals surface area contributed by atoms with E-state index >= 15 is 0 Å². The molecule has 0 spiro atoms. The maximum absolute atomic E-state index is 11.2. The summed E-state index contributed by atoms with van der Waals surface area (Å²) in [6.07, 6.45) is 2.90. The van der Waals surface area contributed by atoms with Crippen LogP contribution in [-0.4, -0.2) is 56.2 Å². The largest absolute Gasteiger partial charge is 0.469 e. The van der Waals surface area contributed by atoms with E-state index in [1.54, 1.807) is 11.3 Å². The molecule has 1 aliphatic heterocycles. The smallest absolute Gasteiger partial charge is 0.311 e. The van der Waals surface area contributed by atoms with Crippen LogP contribution in [-0.2, 0) is 16.0 Å². The van der Waals surface area contributed by atoms with Gasteiger partial charge in [-0.15, -0.1) is 11.3 Å². The first-order valence-corrected chi connectivity index (χ1v) is 7.51. The Balaban J connectivity index is 1.81. The number of ether oxygens (including phenoxy) is 1. The lowest BCUT2D eigenvalue weighted by molar-refractivity contribution is -0.139. The molecule has 0 atom stereocenters. The van der Waals surface area contributed by atoms with Crippen LogP contribution in [0.25, 0.3) is 0 Å². The average molecular weight is 283 g/mol. The van der Waals surface area contributed by atoms with E-state index in [1.807, 2.05) is 5.38 Å². The van der Waals surface area contributed by atoms with Crippen molar-refractivity contribution >= 4 is 22.4 Å². The Bertz CT molecular complexity index is 416. The van der Waals surface area contributed by atoms with E-state index in [1.165, 1.54) is 33.0 Å². The van der Waals surface area contributed by atoms with Gasteiger partial charge in [0.25, 0.3) is 0 Å². The Labute approximate surface area is 118 Å². The summed E-state index contributed by atoms with van der Waals surface area (Å²) in [6.45, 7) is 4.51. The Morgan fingerprint density at radius 1 is 1.53 bits per heavy atom. The van der Waals surface area contributed by atoms with Gasteiger partial charge in [-0.2, -0.15) is 0 Å². The molecule has 0 aliphatic carbocycles. The van der Waals surface area contributed by atoms with E-state index < -0.39 is 0 Å². The number of rotatable bonds is 6. The van der Waals surface area contributed by atoms with Crippen molar-refractivity contribution in [2.45, 2.75) is 19.3 Å². The summed E-state index contributed by atoms with van der Waals surface area (Å²) < 4.78 is 4.64. The van der Waals surface area contributed by atoms with Gasteiger partial charge in [0.2, 0.25) is 0 Å². The first-order chi connectivity index (χ1) is 9.19. The minimum atomic E-state index is -0.239. The zero-order chi connectivity index (χ0) is 13.7. The number of nitrogens with zero attached hydrogens (tertiary/aromatic N) is 3. The molecule has 106 valence electrons. The molecule has 1 fully saturated rings. The van der Waals surface area contributed by atoms with E-state index in [0.29, 0.717) is 0 Å². The molecule has 0 saturated carbocycles. The number of methoxy groups -OCH3 is 1. The van der Waals surface area contributed by atoms with Crippen LogP contribution in [0.1, 0.15) is 18.5 Å². The summed E-state index contributed by atoms with van der Waals surface area (Å²) in [6, 6.07) is 0. The van der Waals surface area contributed by atoms with E-state index in [-0.39, 0.29) is 12.4 Å². The SMILES string of the molecule is COC(=O)Cc1csc(N(C)CCN2CCCC2)n1. The zero-order valence-electron chi connectivity index (χ0n) is 11.6. The van der Waals surface area contributed by atoms with E-state index in [0.717, 1.165) is 23.9 Å². The highest BCUT2D eigenvalue weighted by Crippen LogP contribution is 2.20. The van der Waals surface area contributed by atoms with Crippen LogP contribution in [0.4, 0.5) is 5.13 Å². The molecule has 0 N–H and O–H groups in total. The highest BCUT2D eigenvalue weighted by molar-refractivity contribution is 7.13. The number of hydrogen-bond acceptors (Lipinski definition) is 6. The lowest BCUT2D eigenvalue weighted by Crippen LogP contribution is -2.31. The molecule has 19 heavy (non-hydrogen) atoms. The monoisotopic (exact) mass is 283 g/mol. The Hall–Kier alpha value is -1.14. The number of hydrogen-bond donors (Lipinski definition) is 0. The van der Waals surface area contributed by atoms with Crippen LogP contribution in [0.5, 0.6) is 0 Å². The van der Waals surface area contributed by atoms with Gasteiger partial charge in [-0.05, 0) is 25.9 Å². The van der Waals surface area contributed by atoms with E-state index in [2.05, 4.69) is 26.6 Å². The quantitative estimate of drug-likeness (QED) is 0.738. The third-order valence-corrected chi connectivity index (χ3v) is 4.37. The van der Waals surface area contributed by atoms with Gasteiger partial charge < -0.3 is 14.5 Å². The number of carbonyl (C=O) groups is 1. The van der Waals surface area contributed by atoms with Gasteiger partial charge >= 0.3 is 5.97 Å². The first-order valence-electron chi connectivity index (χ1n) is 6.64. The van der Waals surface area contributed by atoms with E-state index in [4.69, 9.17) is 0 Å². The number of esters is 1. The van der Waals surface area contributed by atoms with Crippen LogP contribution in [0.15, 0.2) is 5.38 Å². The highest BCUT2D eigenvalue weighted by atomic mass is 32.1. The van der Waals surface area contributed by atoms with Gasteiger partial charge in [0, 0.05) is 25.5 Å². The fraction of sp³-hybridized carbons (Fsp3) is 0.692. The minimum absolute atomic E-state index is 0.239. The van der Waals surface area contributed by atoms with Gasteiger partial charge in [0.1, 0.15) is 0 Å². The molecule has 0 radical (unpaired) electrons. The standard InChI is InChI=1S/C13H21N3O2S/c1-15(7-8-16-5-3-4-6-16)13-14-11(10-19-13)9-12(17)18-2/h10H,3-9H2,1-2H3. The number of carbonyl (C=O) groups excluding carboxylic acids is 1. The molecule has 2 heterocycles. The first kappa shape index (κ1) is 14.3. The van der Waals surface area contributed by atoms with Gasteiger partial charge in [-0.3, -0.25) is 4.79 Å². The van der Waals surface area contributed by atoms with Gasteiger partial charge in [0.15, 0.2) is 5.13 Å². The predicted octanol–water partition coefficient (Wildman–Crippen LogP) is 1.39. The molecule has 6 heteroatoms. The lowest BCUT2D eigenvalue weighted by Gasteiger charge is -2.20. The number of aromatic nitrogens is 1. The molecule has 1 aromatic heterocycles. The summed E-state index contributed by atoms with van der Waals surface area (Å²) in [5.41, 5.74) is 0.792. The summed E-state index contributed by atoms with van der Waals surface area (Å²) >= 11 is 1.58. The molecule has 0 unspecified atom stereocenters. The predicted molar refractivity (Wildman–Crippen MR) is 76.8 cm³/mol. The van der Waals surface area contributed by atoms with Crippen molar-refractivity contribution in [1.82, 2.24) is 9.88 Å². The van der Waals surface area contributed by atoms with Gasteiger partial charge in [-0.25, -0.2) is 4.98 Å². The molecule has 1 aliphatic rings. The van der Waals surface area contributed by atoms with Crippen molar-refractivity contribution in [3.8, 4) is 0 Å². The minimum Gasteiger partial charge on any atom is -0.469 e. The molecule has 0 aromatic carbocycles. The zero-order valence-corrected chi connectivity index (χ0v) is 12.4. The molecular weight excluding hydrogens is 262 g/mol. The fourth-order valence-electron chi connectivity index (χ4n) is 2.17. The second-order valence-corrected chi connectivity index (χ2v) is 5.68. The maximum atomic E-state index is 11.2. The second-order valence-electron chi connectivity index (χ2n) is 4.84. The molecular formula is C13H21N3O2S. The van der Waals surface area contributed by atoms with Crippen LogP contribution >= 0.6 is 11.3 Å². The molecule has 0 amide bonds. The summed E-state index contributed by atoms with van der Waals surface area (Å²) in [4.78, 5) is 20.3. The molecule has 0 bridgehead atoms. The molecule has 1 saturated heterocycles. The summed E-state index contributed by atoms with van der Waals surface area (Å²) in [7, 11) is 3.45. The van der Waals surface area contributed by atoms with Crippen molar-refractivity contribution in [1.29, 1.82) is 0 Å². The third kappa shape index (κ3) is 4.18. The molecule has 1 aromatic rings. The Morgan fingerprint density at radius 3 is 2.95 bits per heavy atom. The second kappa shape index (κ2) is 6.86. The lowest BCUT2D eigenvalue weighted by atomic mass is 10.3. The van der Waals surface area contributed by atoms with Crippen molar-refractivity contribution in [2.75, 3.05) is 45.2 Å². The van der Waals surface area contributed by atoms with Crippen LogP contribution in [0, 0.1) is 0 Å². The summed E-state index contributed by atoms with van der Waals surface area (Å²) in [5, 5.41) is 2.90. The van der Waals surface area contributed by atoms with Crippen LogP contribution in [0.3, 0.4) is 0 Å². The normalized spacial score (nSPS) is 15.7. The number of thiazole rings is 1. The van der Waals surface area contributed by atoms with Crippen molar-refractivity contribution in [2.24, 2.45) is 0 Å². The molecule has 5 nitrogen and oxygen atoms in total. The average Bonchev–Trinajstić information content (AvgIpc) is 3.07. The number of likely N-dealkylation sites (tertiary alicyclic amines) is 1. The van der Waals surface area contributed by atoms with Crippen molar-refractivity contribution < 1.29 is 9.53 Å². The topological polar surface area (TPSA) is 45.7 Å². The van der Waals surface area contributed by atoms with Gasteiger partial charge in [0.05, 0.1) is 19.2 Å². The van der Waals surface area contributed by atoms with Crippen molar-refractivity contribution in [3.05, 3.63) is 11.1 Å². The summed E-state index contributed by atoms with van der Waals surface area (Å²) in [5.74, 6) is -0.239. The third-order valence-electron chi connectivity index (χ3n) is 3.37. The van der Waals surface area contributed by atoms with Crippen LogP contribution < -0.4 is 4.90 Å². The fourth-order valence-corrected chi connectivity index (χ4v) is 2.98. The van der Waals surface area contributed by atoms with Crippen molar-refractivity contribution in [3.63, 3.8) is 0 Å². The Morgan fingerprint density at radius 2 is 2.26 bits per heavy atom. The maximum Gasteiger partial charge on any atom is 0.311 e. The highest BCUT2D eigenvalue weighted by Gasteiger charge is 2.14.